The molecule has 2 fully saturated rings. The molecule has 186 valence electrons. The topological polar surface area (TPSA) is 109 Å². The molecule has 1 atom stereocenters. The number of carbonyl (C=O) groups excluding carboxylic acids is 1. The molecule has 1 amide bonds. The standard InChI is InChI=1S/C23H33FN6O3S/c1-34(32,33)28-21(14-18-2-4-20(24)5-3-18)22(31)29-12-6-19(7-13-29)23(8-10-25-11-9-23)15-30-17-26-16-27-30/h2-5,16-17,19,21,25,28H,6-15H2,1H3/t21-/m0/s1. The summed E-state index contributed by atoms with van der Waals surface area (Å²) in [6.45, 7) is 3.91. The van der Waals surface area contributed by atoms with Crippen LogP contribution in [-0.2, 0) is 27.8 Å². The van der Waals surface area contributed by atoms with Gasteiger partial charge in [0.1, 0.15) is 24.5 Å². The van der Waals surface area contributed by atoms with Gasteiger partial charge >= 0.3 is 0 Å². The van der Waals surface area contributed by atoms with Gasteiger partial charge in [0.15, 0.2) is 0 Å². The zero-order valence-corrected chi connectivity index (χ0v) is 20.3. The molecule has 4 rings (SSSR count). The van der Waals surface area contributed by atoms with Crippen molar-refractivity contribution in [3.63, 3.8) is 0 Å². The highest BCUT2D eigenvalue weighted by molar-refractivity contribution is 7.88. The fourth-order valence-electron chi connectivity index (χ4n) is 5.48. The van der Waals surface area contributed by atoms with E-state index in [9.17, 15) is 17.6 Å². The molecule has 2 aliphatic rings. The van der Waals surface area contributed by atoms with Crippen LogP contribution in [0, 0.1) is 17.2 Å². The van der Waals surface area contributed by atoms with Crippen molar-refractivity contribution < 1.29 is 17.6 Å². The number of hydrogen-bond donors (Lipinski definition) is 2. The maximum absolute atomic E-state index is 13.4. The minimum absolute atomic E-state index is 0.104. The lowest BCUT2D eigenvalue weighted by molar-refractivity contribution is -0.135. The first kappa shape index (κ1) is 24.7. The highest BCUT2D eigenvalue weighted by atomic mass is 32.2. The van der Waals surface area contributed by atoms with Crippen molar-refractivity contribution in [1.29, 1.82) is 0 Å². The normalized spacial score (nSPS) is 20.2. The van der Waals surface area contributed by atoms with Gasteiger partial charge < -0.3 is 10.2 Å². The quantitative estimate of drug-likeness (QED) is 0.573. The van der Waals surface area contributed by atoms with Crippen LogP contribution in [0.2, 0.25) is 0 Å². The number of halogens is 1. The summed E-state index contributed by atoms with van der Waals surface area (Å²) in [4.78, 5) is 19.2. The summed E-state index contributed by atoms with van der Waals surface area (Å²) in [5.41, 5.74) is 0.805. The van der Waals surface area contributed by atoms with Crippen molar-refractivity contribution in [1.82, 2.24) is 29.7 Å². The molecule has 2 aliphatic heterocycles. The van der Waals surface area contributed by atoms with E-state index in [-0.39, 0.29) is 23.6 Å². The highest BCUT2D eigenvalue weighted by Gasteiger charge is 2.42. The lowest BCUT2D eigenvalue weighted by Gasteiger charge is -2.47. The lowest BCUT2D eigenvalue weighted by atomic mass is 9.65. The average Bonchev–Trinajstić information content (AvgIpc) is 3.32. The van der Waals surface area contributed by atoms with Gasteiger partial charge in [-0.25, -0.2) is 22.5 Å². The van der Waals surface area contributed by atoms with E-state index in [0.717, 1.165) is 51.6 Å². The third-order valence-corrected chi connectivity index (χ3v) is 7.94. The average molecular weight is 493 g/mol. The SMILES string of the molecule is CS(=O)(=O)N[C@@H](Cc1ccc(F)cc1)C(=O)N1CCC(C2(Cn3cncn3)CCNCC2)CC1. The van der Waals surface area contributed by atoms with Crippen molar-refractivity contribution in [2.45, 2.75) is 44.7 Å². The van der Waals surface area contributed by atoms with Crippen LogP contribution in [0.4, 0.5) is 4.39 Å². The van der Waals surface area contributed by atoms with Gasteiger partial charge in [0, 0.05) is 19.6 Å². The van der Waals surface area contributed by atoms with Crippen LogP contribution in [0.1, 0.15) is 31.2 Å². The Morgan fingerprint density at radius 2 is 1.91 bits per heavy atom. The lowest BCUT2D eigenvalue weighted by Crippen LogP contribution is -2.53. The first-order chi connectivity index (χ1) is 16.2. The van der Waals surface area contributed by atoms with E-state index in [1.165, 1.54) is 12.1 Å². The Labute approximate surface area is 200 Å². The number of piperidine rings is 2. The molecule has 2 saturated heterocycles. The molecular weight excluding hydrogens is 459 g/mol. The largest absolute Gasteiger partial charge is 0.341 e. The number of rotatable bonds is 8. The van der Waals surface area contributed by atoms with Crippen molar-refractivity contribution in [3.05, 3.63) is 48.3 Å². The van der Waals surface area contributed by atoms with Crippen LogP contribution in [0.5, 0.6) is 0 Å². The van der Waals surface area contributed by atoms with Crippen molar-refractivity contribution in [3.8, 4) is 0 Å². The van der Waals surface area contributed by atoms with Crippen LogP contribution in [0.25, 0.3) is 0 Å². The molecule has 11 heteroatoms. The third kappa shape index (κ3) is 6.19. The predicted molar refractivity (Wildman–Crippen MR) is 126 cm³/mol. The van der Waals surface area contributed by atoms with Gasteiger partial charge in [-0.1, -0.05) is 12.1 Å². The van der Waals surface area contributed by atoms with Crippen LogP contribution < -0.4 is 10.0 Å². The number of hydrogen-bond acceptors (Lipinski definition) is 6. The second-order valence-corrected chi connectivity index (χ2v) is 11.4. The minimum atomic E-state index is -3.60. The summed E-state index contributed by atoms with van der Waals surface area (Å²) in [5.74, 6) is -0.160. The van der Waals surface area contributed by atoms with Crippen molar-refractivity contribution in [2.24, 2.45) is 11.3 Å². The van der Waals surface area contributed by atoms with E-state index in [1.54, 1.807) is 29.7 Å². The van der Waals surface area contributed by atoms with E-state index in [1.807, 2.05) is 4.68 Å². The summed E-state index contributed by atoms with van der Waals surface area (Å²) in [7, 11) is -3.60. The highest BCUT2D eigenvalue weighted by Crippen LogP contribution is 2.44. The third-order valence-electron chi connectivity index (χ3n) is 7.22. The smallest absolute Gasteiger partial charge is 0.241 e. The fourth-order valence-corrected chi connectivity index (χ4v) is 6.18. The predicted octanol–water partition coefficient (Wildman–Crippen LogP) is 1.19. The number of benzene rings is 1. The molecule has 3 heterocycles. The van der Waals surface area contributed by atoms with Gasteiger partial charge in [0.05, 0.1) is 6.26 Å². The summed E-state index contributed by atoms with van der Waals surface area (Å²) in [5, 5.41) is 7.78. The van der Waals surface area contributed by atoms with E-state index in [4.69, 9.17) is 0 Å². The molecule has 0 spiro atoms. The van der Waals surface area contributed by atoms with Crippen molar-refractivity contribution in [2.75, 3.05) is 32.4 Å². The van der Waals surface area contributed by atoms with Crippen LogP contribution >= 0.6 is 0 Å². The molecule has 0 unspecified atom stereocenters. The first-order valence-electron chi connectivity index (χ1n) is 11.8. The Kier molecular flexibility index (Phi) is 7.63. The van der Waals surface area contributed by atoms with Gasteiger partial charge in [0.2, 0.25) is 15.9 Å². The van der Waals surface area contributed by atoms with Gasteiger partial charge in [-0.3, -0.25) is 9.48 Å². The van der Waals surface area contributed by atoms with Gasteiger partial charge in [-0.15, -0.1) is 0 Å². The van der Waals surface area contributed by atoms with E-state index in [0.29, 0.717) is 24.6 Å². The fraction of sp³-hybridized carbons (Fsp3) is 0.609. The Morgan fingerprint density at radius 3 is 2.50 bits per heavy atom. The number of aromatic nitrogens is 3. The molecule has 0 radical (unpaired) electrons. The maximum atomic E-state index is 13.4. The molecule has 2 aromatic rings. The summed E-state index contributed by atoms with van der Waals surface area (Å²) < 4.78 is 41.6. The second kappa shape index (κ2) is 10.5. The van der Waals surface area contributed by atoms with E-state index in [2.05, 4.69) is 20.1 Å². The van der Waals surface area contributed by atoms with E-state index < -0.39 is 16.1 Å². The van der Waals surface area contributed by atoms with E-state index >= 15 is 0 Å². The zero-order chi connectivity index (χ0) is 24.2. The number of carbonyl (C=O) groups is 1. The molecule has 9 nitrogen and oxygen atoms in total. The maximum Gasteiger partial charge on any atom is 0.241 e. The molecule has 0 aliphatic carbocycles. The second-order valence-electron chi connectivity index (χ2n) is 9.58. The molecule has 0 saturated carbocycles. The molecule has 0 bridgehead atoms. The summed E-state index contributed by atoms with van der Waals surface area (Å²) in [6, 6.07) is 4.88. The molecule has 1 aromatic heterocycles. The van der Waals surface area contributed by atoms with Gasteiger partial charge in [0.25, 0.3) is 0 Å². The Hall–Kier alpha value is -2.37. The van der Waals surface area contributed by atoms with Crippen LogP contribution in [-0.4, -0.2) is 72.5 Å². The number of nitrogens with zero attached hydrogens (tertiary/aromatic N) is 4. The molecule has 1 aromatic carbocycles. The van der Waals surface area contributed by atoms with Gasteiger partial charge in [-0.05, 0) is 74.2 Å². The van der Waals surface area contributed by atoms with Gasteiger partial charge in [-0.2, -0.15) is 5.10 Å². The number of amides is 1. The van der Waals surface area contributed by atoms with Crippen LogP contribution in [0.15, 0.2) is 36.9 Å². The monoisotopic (exact) mass is 492 g/mol. The Morgan fingerprint density at radius 1 is 1.24 bits per heavy atom. The number of nitrogens with one attached hydrogen (secondary N) is 2. The molecule has 34 heavy (non-hydrogen) atoms. The van der Waals surface area contributed by atoms with Crippen LogP contribution in [0.3, 0.4) is 0 Å². The first-order valence-corrected chi connectivity index (χ1v) is 13.7. The molecule has 2 N–H and O–H groups in total. The summed E-state index contributed by atoms with van der Waals surface area (Å²) in [6.07, 6.45) is 8.38. The summed E-state index contributed by atoms with van der Waals surface area (Å²) >= 11 is 0. The van der Waals surface area contributed by atoms with Crippen molar-refractivity contribution >= 4 is 15.9 Å². The molecular formula is C23H33FN6O3S. The number of likely N-dealkylation sites (tertiary alicyclic amines) is 1. The zero-order valence-electron chi connectivity index (χ0n) is 19.5. The number of sulfonamides is 1. The minimum Gasteiger partial charge on any atom is -0.341 e. The Balaban J connectivity index is 1.44. The Bertz CT molecular complexity index is 1050.